The second-order valence-corrected chi connectivity index (χ2v) is 20.4. The van der Waals surface area contributed by atoms with Gasteiger partial charge in [0, 0.05) is 55.9 Å². The van der Waals surface area contributed by atoms with Gasteiger partial charge in [0.1, 0.15) is 42.2 Å². The number of benzene rings is 2. The van der Waals surface area contributed by atoms with E-state index in [1.165, 1.54) is 12.2 Å². The Bertz CT molecular complexity index is 2930. The van der Waals surface area contributed by atoms with Crippen LogP contribution in [0.25, 0.3) is 21.9 Å². The highest BCUT2D eigenvalue weighted by Crippen LogP contribution is 2.31. The van der Waals surface area contributed by atoms with Crippen molar-refractivity contribution in [3.63, 3.8) is 0 Å². The number of carbonyl (C=O) groups is 9. The van der Waals surface area contributed by atoms with Gasteiger partial charge in [0.25, 0.3) is 11.8 Å². The molecule has 2 atom stereocenters. The molecule has 25 nitrogen and oxygen atoms in total. The zero-order chi connectivity index (χ0) is 61.0. The standard InChI is InChI=1S/C52H72N12O11.C2HF3O2/c1-8-73-30-38-60-43-44(35-15-11-12-16-36(35)58-45(43)53)64(38)31-51(4,5)75-28-26-55-48(70)52(6,7)62-50(72)74-29-33-19-21-34(22-20-33)57-46(68)37(17-14-25-56-49(54)71)59-47(69)42(32(2)3)61-39(65)18-10-9-13-27-63-40(66)23-24-41(63)67;3-2(4,5)1(6)7/h11-12,15-16,19-24,32,37,42H,8-10,13-14,17-18,25-31H2,1-7H3,(H2,53,58)(H,55,70)(H,57,68)(H,59,69)(H,61,65)(H,62,72)(H3,54,56,71);(H,6,7)/t37-,42-;/m0./s1. The Kier molecular flexibility index (Phi) is 24.5. The molecule has 0 unspecified atom stereocenters. The van der Waals surface area contributed by atoms with E-state index in [2.05, 4.69) is 36.9 Å². The SMILES string of the molecule is CCOCc1nc2c(N)nc3ccccc3c2n1CC(C)(C)OCCNC(=O)C(C)(C)NC(=O)OCc1ccc(NC(=O)[C@H](CCCNC(N)=O)NC(=O)[C@@H](NC(=O)CCCCCN2C(=O)C=CC2=O)C(C)C)cc1.O=C(O)C(F)(F)F. The van der Waals surface area contributed by atoms with Crippen molar-refractivity contribution in [2.24, 2.45) is 11.7 Å². The number of para-hydroxylation sites is 1. The molecule has 3 heterocycles. The number of carboxylic acid groups (broad SMARTS) is 1. The number of alkyl halides is 3. The quantitative estimate of drug-likeness (QED) is 0.0268. The summed E-state index contributed by atoms with van der Waals surface area (Å²) in [7, 11) is 0. The van der Waals surface area contributed by atoms with Gasteiger partial charge >= 0.3 is 24.3 Å². The van der Waals surface area contributed by atoms with E-state index in [1.54, 1.807) is 52.0 Å². The fourth-order valence-corrected chi connectivity index (χ4v) is 8.14. The van der Waals surface area contributed by atoms with Crippen LogP contribution in [0.2, 0.25) is 0 Å². The van der Waals surface area contributed by atoms with Gasteiger partial charge in [-0.2, -0.15) is 13.2 Å². The van der Waals surface area contributed by atoms with E-state index < -0.39 is 65.2 Å². The first-order valence-corrected chi connectivity index (χ1v) is 26.4. The van der Waals surface area contributed by atoms with Gasteiger partial charge in [-0.15, -0.1) is 0 Å². The molecule has 0 radical (unpaired) electrons. The maximum absolute atomic E-state index is 13.6. The number of hydrogen-bond donors (Lipinski definition) is 9. The number of carbonyl (C=O) groups excluding carboxylic acids is 8. The van der Waals surface area contributed by atoms with E-state index in [1.807, 2.05) is 49.6 Å². The molecule has 82 heavy (non-hydrogen) atoms. The Morgan fingerprint density at radius 2 is 1.48 bits per heavy atom. The molecular formula is C54H73F3N12O13. The maximum Gasteiger partial charge on any atom is 0.490 e. The topological polar surface area (TPSA) is 360 Å². The molecule has 0 spiro atoms. The number of fused-ring (bicyclic) bond motifs is 3. The van der Waals surface area contributed by atoms with Gasteiger partial charge in [0.2, 0.25) is 23.6 Å². The summed E-state index contributed by atoms with van der Waals surface area (Å²) >= 11 is 0. The van der Waals surface area contributed by atoms with Crippen LogP contribution in [-0.4, -0.2) is 140 Å². The summed E-state index contributed by atoms with van der Waals surface area (Å²) in [6.45, 7) is 14.1. The highest BCUT2D eigenvalue weighted by Gasteiger charge is 2.38. The lowest BCUT2D eigenvalue weighted by molar-refractivity contribution is -0.192. The summed E-state index contributed by atoms with van der Waals surface area (Å²) < 4.78 is 51.2. The van der Waals surface area contributed by atoms with Crippen LogP contribution >= 0.6 is 0 Å². The number of imide groups is 1. The molecular weight excluding hydrogens is 1080 g/mol. The van der Waals surface area contributed by atoms with Crippen LogP contribution in [0.15, 0.2) is 60.7 Å². The Hall–Kier alpha value is -8.40. The number of imidazole rings is 1. The number of nitrogen functional groups attached to an aromatic ring is 1. The van der Waals surface area contributed by atoms with E-state index in [0.29, 0.717) is 60.8 Å². The first-order valence-electron chi connectivity index (χ1n) is 26.4. The average Bonchev–Trinajstić information content (AvgIpc) is 3.97. The maximum atomic E-state index is 13.6. The van der Waals surface area contributed by atoms with E-state index in [9.17, 15) is 51.5 Å². The number of nitrogens with one attached hydrogen (secondary N) is 6. The summed E-state index contributed by atoms with van der Waals surface area (Å²) in [6, 6.07) is 11.3. The van der Waals surface area contributed by atoms with Gasteiger partial charge in [0.05, 0.1) is 29.8 Å². The number of rotatable bonds is 29. The molecule has 9 amide bonds. The minimum Gasteiger partial charge on any atom is -0.475 e. The van der Waals surface area contributed by atoms with Crippen LogP contribution in [0.1, 0.15) is 98.4 Å². The van der Waals surface area contributed by atoms with Crippen LogP contribution in [0, 0.1) is 5.92 Å². The predicted molar refractivity (Wildman–Crippen MR) is 294 cm³/mol. The zero-order valence-electron chi connectivity index (χ0n) is 46.8. The van der Waals surface area contributed by atoms with Crippen molar-refractivity contribution in [1.82, 2.24) is 46.0 Å². The molecule has 1 aliphatic rings. The summed E-state index contributed by atoms with van der Waals surface area (Å²) in [5, 5.41) is 24.2. The van der Waals surface area contributed by atoms with Gasteiger partial charge in [-0.1, -0.05) is 50.6 Å². The van der Waals surface area contributed by atoms with E-state index in [0.717, 1.165) is 21.3 Å². The molecule has 0 saturated carbocycles. The third-order valence-electron chi connectivity index (χ3n) is 12.4. The fourth-order valence-electron chi connectivity index (χ4n) is 8.14. The molecule has 0 saturated heterocycles. The Balaban J connectivity index is 0.00000193. The number of aromatic nitrogens is 3. The third-order valence-corrected chi connectivity index (χ3v) is 12.4. The van der Waals surface area contributed by atoms with E-state index in [-0.39, 0.29) is 82.4 Å². The Morgan fingerprint density at radius 3 is 2.10 bits per heavy atom. The molecule has 11 N–H and O–H groups in total. The van der Waals surface area contributed by atoms with Gasteiger partial charge < -0.3 is 67.3 Å². The summed E-state index contributed by atoms with van der Waals surface area (Å²) in [4.78, 5) is 120. The molecule has 448 valence electrons. The van der Waals surface area contributed by atoms with Crippen molar-refractivity contribution in [3.05, 3.63) is 72.1 Å². The van der Waals surface area contributed by atoms with Crippen LogP contribution in [0.4, 0.5) is 34.3 Å². The van der Waals surface area contributed by atoms with Crippen LogP contribution in [0.5, 0.6) is 0 Å². The summed E-state index contributed by atoms with van der Waals surface area (Å²) in [5.74, 6) is -4.81. The average molecular weight is 1160 g/mol. The van der Waals surface area contributed by atoms with Crippen molar-refractivity contribution < 1.29 is 75.6 Å². The number of hydrogen-bond acceptors (Lipinski definition) is 15. The molecule has 2 aromatic carbocycles. The second-order valence-electron chi connectivity index (χ2n) is 20.4. The Labute approximate surface area is 471 Å². The van der Waals surface area contributed by atoms with Crippen molar-refractivity contribution in [2.75, 3.05) is 43.9 Å². The largest absolute Gasteiger partial charge is 0.490 e. The van der Waals surface area contributed by atoms with Crippen molar-refractivity contribution in [2.45, 2.75) is 136 Å². The number of nitrogens with zero attached hydrogens (tertiary/aromatic N) is 4. The lowest BCUT2D eigenvalue weighted by Gasteiger charge is -2.28. The van der Waals surface area contributed by atoms with Gasteiger partial charge in [-0.3, -0.25) is 33.7 Å². The number of primary amides is 1. The van der Waals surface area contributed by atoms with Crippen LogP contribution in [0.3, 0.4) is 0 Å². The number of carboxylic acids is 1. The van der Waals surface area contributed by atoms with E-state index >= 15 is 0 Å². The third kappa shape index (κ3) is 20.6. The monoisotopic (exact) mass is 1150 g/mol. The van der Waals surface area contributed by atoms with Crippen molar-refractivity contribution in [1.29, 1.82) is 0 Å². The summed E-state index contributed by atoms with van der Waals surface area (Å²) in [5.41, 5.74) is 12.6. The molecule has 2 aromatic heterocycles. The van der Waals surface area contributed by atoms with Gasteiger partial charge in [-0.25, -0.2) is 24.4 Å². The lowest BCUT2D eigenvalue weighted by Crippen LogP contribution is -2.55. The number of urea groups is 1. The van der Waals surface area contributed by atoms with Gasteiger partial charge in [0.15, 0.2) is 5.82 Å². The number of alkyl carbamates (subject to hydrolysis) is 1. The van der Waals surface area contributed by atoms with E-state index in [4.69, 9.17) is 40.6 Å². The molecule has 28 heteroatoms. The van der Waals surface area contributed by atoms with Crippen molar-refractivity contribution >= 4 is 87.0 Å². The molecule has 1 aliphatic heterocycles. The summed E-state index contributed by atoms with van der Waals surface area (Å²) in [6.07, 6.45) is -1.42. The van der Waals surface area contributed by atoms with Crippen LogP contribution < -0.4 is 43.4 Å². The molecule has 0 fully saturated rings. The minimum absolute atomic E-state index is 0.107. The minimum atomic E-state index is -5.08. The fraction of sp³-hybridized carbons (Fsp3) is 0.500. The normalized spacial score (nSPS) is 13.3. The number of anilines is 2. The highest BCUT2D eigenvalue weighted by atomic mass is 19.4. The second kappa shape index (κ2) is 30.4. The number of ether oxygens (including phenoxy) is 3. The molecule has 0 aliphatic carbocycles. The number of halogens is 3. The highest BCUT2D eigenvalue weighted by molar-refractivity contribution is 6.13. The number of nitrogens with two attached hydrogens (primary N) is 2. The number of amides is 9. The van der Waals surface area contributed by atoms with Crippen molar-refractivity contribution in [3.8, 4) is 0 Å². The number of aliphatic carboxylic acids is 1. The predicted octanol–water partition coefficient (Wildman–Crippen LogP) is 4.45. The molecule has 0 bridgehead atoms. The first kappa shape index (κ1) is 66.1. The number of unbranched alkanes of at least 4 members (excludes halogenated alkanes) is 2. The number of pyridine rings is 1. The molecule has 5 rings (SSSR count). The smallest absolute Gasteiger partial charge is 0.475 e. The Morgan fingerprint density at radius 1 is 0.817 bits per heavy atom. The molecule has 4 aromatic rings. The van der Waals surface area contributed by atoms with Gasteiger partial charge in [-0.05, 0) is 90.0 Å². The lowest BCUT2D eigenvalue weighted by atomic mass is 10.0. The van der Waals surface area contributed by atoms with Crippen LogP contribution in [-0.2, 0) is 67.5 Å². The zero-order valence-corrected chi connectivity index (χ0v) is 46.8. The first-order chi connectivity index (χ1) is 38.5.